The van der Waals surface area contributed by atoms with Crippen LogP contribution in [0.2, 0.25) is 5.02 Å². The molecule has 1 aromatic carbocycles. The third kappa shape index (κ3) is 1.95. The first-order chi connectivity index (χ1) is 7.18. The zero-order valence-corrected chi connectivity index (χ0v) is 8.99. The Kier molecular flexibility index (Phi) is 2.60. The molecule has 0 saturated heterocycles. The van der Waals surface area contributed by atoms with E-state index in [9.17, 15) is 5.11 Å². The van der Waals surface area contributed by atoms with Crippen molar-refractivity contribution in [2.24, 2.45) is 0 Å². The summed E-state index contributed by atoms with van der Waals surface area (Å²) in [5.74, 6) is 0.142. The summed E-state index contributed by atoms with van der Waals surface area (Å²) in [5, 5.41) is 10.2. The summed E-state index contributed by atoms with van der Waals surface area (Å²) in [6.07, 6.45) is 1.63. The van der Waals surface area contributed by atoms with Gasteiger partial charge in [0.25, 0.3) is 0 Å². The smallest absolute Gasteiger partial charge is 0.141 e. The Morgan fingerprint density at radius 1 is 1.27 bits per heavy atom. The van der Waals surface area contributed by atoms with E-state index in [1.807, 2.05) is 25.1 Å². The monoisotopic (exact) mass is 219 g/mol. The lowest BCUT2D eigenvalue weighted by Crippen LogP contribution is -1.85. The average Bonchev–Trinajstić information content (AvgIpc) is 2.20. The Morgan fingerprint density at radius 3 is 2.73 bits per heavy atom. The number of aromatic nitrogens is 1. The first-order valence-electron chi connectivity index (χ1n) is 4.59. The molecule has 0 aliphatic rings. The summed E-state index contributed by atoms with van der Waals surface area (Å²) in [5.41, 5.74) is 2.35. The van der Waals surface area contributed by atoms with Gasteiger partial charge in [-0.05, 0) is 30.7 Å². The lowest BCUT2D eigenvalue weighted by Gasteiger charge is -2.06. The van der Waals surface area contributed by atoms with Crippen molar-refractivity contribution in [1.82, 2.24) is 4.98 Å². The maximum Gasteiger partial charge on any atom is 0.141 e. The molecule has 0 spiro atoms. The van der Waals surface area contributed by atoms with E-state index in [0.717, 1.165) is 11.1 Å². The first-order valence-corrected chi connectivity index (χ1v) is 4.97. The van der Waals surface area contributed by atoms with Crippen molar-refractivity contribution in [2.75, 3.05) is 0 Å². The Hall–Kier alpha value is -1.54. The van der Waals surface area contributed by atoms with Crippen LogP contribution in [0.15, 0.2) is 36.5 Å². The highest BCUT2D eigenvalue weighted by Crippen LogP contribution is 2.32. The van der Waals surface area contributed by atoms with Gasteiger partial charge in [-0.3, -0.25) is 4.98 Å². The van der Waals surface area contributed by atoms with Crippen LogP contribution in [0, 0.1) is 6.92 Å². The van der Waals surface area contributed by atoms with E-state index >= 15 is 0 Å². The normalized spacial score (nSPS) is 10.3. The largest absolute Gasteiger partial charge is 0.506 e. The molecule has 2 aromatic rings. The second-order valence-corrected chi connectivity index (χ2v) is 3.76. The van der Waals surface area contributed by atoms with E-state index in [1.54, 1.807) is 18.3 Å². The van der Waals surface area contributed by atoms with E-state index in [-0.39, 0.29) is 5.75 Å². The quantitative estimate of drug-likeness (QED) is 0.797. The van der Waals surface area contributed by atoms with Crippen LogP contribution in [0.5, 0.6) is 5.75 Å². The molecule has 0 atom stereocenters. The number of hydrogen-bond acceptors (Lipinski definition) is 2. The molecule has 2 rings (SSSR count). The van der Waals surface area contributed by atoms with Gasteiger partial charge in [0.15, 0.2) is 0 Å². The number of aryl methyl sites for hydroxylation is 1. The van der Waals surface area contributed by atoms with E-state index < -0.39 is 0 Å². The predicted octanol–water partition coefficient (Wildman–Crippen LogP) is 3.42. The van der Waals surface area contributed by atoms with Gasteiger partial charge in [-0.1, -0.05) is 23.7 Å². The molecule has 1 aromatic heterocycles. The van der Waals surface area contributed by atoms with Crippen molar-refractivity contribution in [3.8, 4) is 17.0 Å². The molecule has 3 heteroatoms. The highest BCUT2D eigenvalue weighted by Gasteiger charge is 2.08. The van der Waals surface area contributed by atoms with Gasteiger partial charge in [-0.2, -0.15) is 0 Å². The fraction of sp³-hybridized carbons (Fsp3) is 0.0833. The van der Waals surface area contributed by atoms with Crippen LogP contribution < -0.4 is 0 Å². The third-order valence-electron chi connectivity index (χ3n) is 2.17. The molecule has 0 aliphatic heterocycles. The minimum absolute atomic E-state index is 0.142. The van der Waals surface area contributed by atoms with Crippen molar-refractivity contribution >= 4 is 11.6 Å². The molecule has 0 radical (unpaired) electrons. The summed E-state index contributed by atoms with van der Waals surface area (Å²) in [7, 11) is 0. The zero-order chi connectivity index (χ0) is 10.8. The molecule has 2 nitrogen and oxygen atoms in total. The summed E-state index contributed by atoms with van der Waals surface area (Å²) in [6, 6.07) is 8.93. The van der Waals surface area contributed by atoms with Gasteiger partial charge < -0.3 is 5.11 Å². The Labute approximate surface area is 93.2 Å². The van der Waals surface area contributed by atoms with Gasteiger partial charge in [0.2, 0.25) is 0 Å². The van der Waals surface area contributed by atoms with Crippen molar-refractivity contribution in [3.63, 3.8) is 0 Å². The lowest BCUT2D eigenvalue weighted by molar-refractivity contribution is 0.475. The summed E-state index contributed by atoms with van der Waals surface area (Å²) < 4.78 is 0. The number of rotatable bonds is 1. The molecule has 0 bridgehead atoms. The van der Waals surface area contributed by atoms with Crippen LogP contribution in [-0.4, -0.2) is 10.1 Å². The van der Waals surface area contributed by atoms with Gasteiger partial charge >= 0.3 is 0 Å². The zero-order valence-electron chi connectivity index (χ0n) is 8.24. The van der Waals surface area contributed by atoms with E-state index in [2.05, 4.69) is 4.98 Å². The standard InChI is InChI=1S/C12H10ClNO/c1-8-4-5-9(10(13)7-8)12-11(15)3-2-6-14-12/h2-7,15H,1H3. The maximum absolute atomic E-state index is 9.64. The SMILES string of the molecule is Cc1ccc(-c2ncccc2O)c(Cl)c1. The van der Waals surface area contributed by atoms with Crippen molar-refractivity contribution in [2.45, 2.75) is 6.92 Å². The van der Waals surface area contributed by atoms with Gasteiger partial charge in [0, 0.05) is 11.8 Å². The molecule has 15 heavy (non-hydrogen) atoms. The van der Waals surface area contributed by atoms with E-state index in [4.69, 9.17) is 11.6 Å². The Balaban J connectivity index is 2.60. The fourth-order valence-corrected chi connectivity index (χ4v) is 1.74. The van der Waals surface area contributed by atoms with E-state index in [0.29, 0.717) is 10.7 Å². The van der Waals surface area contributed by atoms with Crippen LogP contribution in [0.4, 0.5) is 0 Å². The van der Waals surface area contributed by atoms with Gasteiger partial charge in [0.1, 0.15) is 11.4 Å². The van der Waals surface area contributed by atoms with Crippen LogP contribution in [0.25, 0.3) is 11.3 Å². The molecule has 0 fully saturated rings. The number of nitrogens with zero attached hydrogens (tertiary/aromatic N) is 1. The molecule has 0 amide bonds. The molecule has 76 valence electrons. The second-order valence-electron chi connectivity index (χ2n) is 3.35. The summed E-state index contributed by atoms with van der Waals surface area (Å²) in [4.78, 5) is 4.10. The maximum atomic E-state index is 9.64. The number of hydrogen-bond donors (Lipinski definition) is 1. The predicted molar refractivity (Wildman–Crippen MR) is 61.1 cm³/mol. The molecular weight excluding hydrogens is 210 g/mol. The molecule has 0 unspecified atom stereocenters. The number of aromatic hydroxyl groups is 1. The highest BCUT2D eigenvalue weighted by molar-refractivity contribution is 6.33. The minimum Gasteiger partial charge on any atom is -0.506 e. The van der Waals surface area contributed by atoms with Gasteiger partial charge in [0.05, 0.1) is 5.02 Å². The molecular formula is C12H10ClNO. The van der Waals surface area contributed by atoms with E-state index in [1.165, 1.54) is 0 Å². The minimum atomic E-state index is 0.142. The summed E-state index contributed by atoms with van der Waals surface area (Å²) in [6.45, 7) is 1.97. The topological polar surface area (TPSA) is 33.1 Å². The first kappa shape index (κ1) is 9.99. The molecule has 0 aliphatic carbocycles. The average molecular weight is 220 g/mol. The molecule has 1 heterocycles. The van der Waals surface area contributed by atoms with Crippen molar-refractivity contribution < 1.29 is 5.11 Å². The Bertz CT molecular complexity index is 497. The molecule has 1 N–H and O–H groups in total. The fourth-order valence-electron chi connectivity index (χ4n) is 1.42. The number of halogens is 1. The second kappa shape index (κ2) is 3.91. The van der Waals surface area contributed by atoms with Gasteiger partial charge in [-0.15, -0.1) is 0 Å². The lowest BCUT2D eigenvalue weighted by atomic mass is 10.1. The number of pyridine rings is 1. The summed E-state index contributed by atoms with van der Waals surface area (Å²) >= 11 is 6.08. The van der Waals surface area contributed by atoms with Crippen molar-refractivity contribution in [3.05, 3.63) is 47.1 Å². The van der Waals surface area contributed by atoms with Crippen LogP contribution in [0.3, 0.4) is 0 Å². The van der Waals surface area contributed by atoms with Crippen LogP contribution >= 0.6 is 11.6 Å². The van der Waals surface area contributed by atoms with Crippen LogP contribution in [-0.2, 0) is 0 Å². The number of benzene rings is 1. The highest BCUT2D eigenvalue weighted by atomic mass is 35.5. The van der Waals surface area contributed by atoms with Crippen LogP contribution in [0.1, 0.15) is 5.56 Å². The molecule has 0 saturated carbocycles. The van der Waals surface area contributed by atoms with Gasteiger partial charge in [-0.25, -0.2) is 0 Å². The third-order valence-corrected chi connectivity index (χ3v) is 2.48. The Morgan fingerprint density at radius 2 is 2.07 bits per heavy atom. The van der Waals surface area contributed by atoms with Crippen molar-refractivity contribution in [1.29, 1.82) is 0 Å².